The molecule has 1 fully saturated rings. The average Bonchev–Trinajstić information content (AvgIpc) is 2.77. The van der Waals surface area contributed by atoms with Crippen molar-refractivity contribution in [2.75, 3.05) is 29.6 Å². The molecule has 0 spiro atoms. The maximum atomic E-state index is 5.60. The predicted molar refractivity (Wildman–Crippen MR) is 138 cm³/mol. The summed E-state index contributed by atoms with van der Waals surface area (Å²) in [7, 11) is 4.15. The van der Waals surface area contributed by atoms with Crippen molar-refractivity contribution >= 4 is 34.8 Å². The number of fused-ring (bicyclic) bond motifs is 1. The van der Waals surface area contributed by atoms with Gasteiger partial charge in [-0.05, 0) is 88.6 Å². The molecule has 2 aromatic rings. The molecule has 6 nitrogen and oxygen atoms in total. The zero-order chi connectivity index (χ0) is 22.7. The summed E-state index contributed by atoms with van der Waals surface area (Å²) in [5.41, 5.74) is 6.11. The van der Waals surface area contributed by atoms with Gasteiger partial charge in [-0.15, -0.1) is 0 Å². The second kappa shape index (κ2) is 10.0. The maximum Gasteiger partial charge on any atom is 0.225 e. The SMILES string of the molecule is Cc1cccc(C)c1NC(=S)N[C@H]1CC[C@@H](Nc2nc3c(c(N(C)C)n2)CCCC3)CC1. The van der Waals surface area contributed by atoms with E-state index in [1.54, 1.807) is 0 Å². The maximum absolute atomic E-state index is 5.60. The van der Waals surface area contributed by atoms with E-state index in [1.165, 1.54) is 35.2 Å². The van der Waals surface area contributed by atoms with Crippen molar-refractivity contribution in [1.29, 1.82) is 0 Å². The average molecular weight is 453 g/mol. The lowest BCUT2D eigenvalue weighted by Crippen LogP contribution is -2.42. The number of rotatable bonds is 5. The summed E-state index contributed by atoms with van der Waals surface area (Å²) in [5, 5.41) is 11.3. The summed E-state index contributed by atoms with van der Waals surface area (Å²) < 4.78 is 0. The van der Waals surface area contributed by atoms with Crippen LogP contribution in [0, 0.1) is 13.8 Å². The van der Waals surface area contributed by atoms with Crippen LogP contribution >= 0.6 is 12.2 Å². The zero-order valence-electron chi connectivity index (χ0n) is 19.8. The molecule has 7 heteroatoms. The molecule has 0 bridgehead atoms. The predicted octanol–water partition coefficient (Wildman–Crippen LogP) is 4.75. The van der Waals surface area contributed by atoms with Crippen LogP contribution in [0.4, 0.5) is 17.5 Å². The number of benzene rings is 1. The lowest BCUT2D eigenvalue weighted by atomic mass is 9.91. The van der Waals surface area contributed by atoms with Crippen LogP contribution in [0.1, 0.15) is 60.9 Å². The third-order valence-electron chi connectivity index (χ3n) is 6.70. The third kappa shape index (κ3) is 5.31. The summed E-state index contributed by atoms with van der Waals surface area (Å²) in [6, 6.07) is 7.11. The van der Waals surface area contributed by atoms with Crippen molar-refractivity contribution in [2.45, 2.75) is 77.3 Å². The quantitative estimate of drug-likeness (QED) is 0.566. The zero-order valence-corrected chi connectivity index (χ0v) is 20.6. The Morgan fingerprint density at radius 3 is 2.31 bits per heavy atom. The van der Waals surface area contributed by atoms with Crippen molar-refractivity contribution in [2.24, 2.45) is 0 Å². The van der Waals surface area contributed by atoms with Crippen LogP contribution in [-0.4, -0.2) is 41.3 Å². The fourth-order valence-corrected chi connectivity index (χ4v) is 5.19. The molecule has 4 rings (SSSR count). The van der Waals surface area contributed by atoms with E-state index in [0.29, 0.717) is 17.2 Å². The van der Waals surface area contributed by atoms with Gasteiger partial charge in [-0.1, -0.05) is 18.2 Å². The molecular formula is C25H36N6S. The number of hydrogen-bond donors (Lipinski definition) is 3. The molecule has 32 heavy (non-hydrogen) atoms. The van der Waals surface area contributed by atoms with E-state index >= 15 is 0 Å². The fraction of sp³-hybridized carbons (Fsp3) is 0.560. The molecular weight excluding hydrogens is 416 g/mol. The Hall–Kier alpha value is -2.41. The van der Waals surface area contributed by atoms with Gasteiger partial charge in [0.15, 0.2) is 5.11 Å². The van der Waals surface area contributed by atoms with Gasteiger partial charge in [0.05, 0.1) is 5.69 Å². The first-order valence-electron chi connectivity index (χ1n) is 11.9. The van der Waals surface area contributed by atoms with Gasteiger partial charge in [-0.2, -0.15) is 4.98 Å². The number of nitrogens with one attached hydrogen (secondary N) is 3. The minimum absolute atomic E-state index is 0.402. The highest BCUT2D eigenvalue weighted by atomic mass is 32.1. The molecule has 0 unspecified atom stereocenters. The molecule has 0 amide bonds. The largest absolute Gasteiger partial charge is 0.362 e. The fourth-order valence-electron chi connectivity index (χ4n) is 4.92. The summed E-state index contributed by atoms with van der Waals surface area (Å²) in [5.74, 6) is 1.87. The number of hydrogen-bond acceptors (Lipinski definition) is 5. The van der Waals surface area contributed by atoms with Crippen LogP contribution in [-0.2, 0) is 12.8 Å². The standard InChI is InChI=1S/C25H36N6S/c1-16-8-7-9-17(2)22(16)29-25(32)27-19-14-12-18(13-15-19)26-24-28-21-11-6-5-10-20(21)23(30-24)31(3)4/h7-9,18-19H,5-6,10-15H2,1-4H3,(H,26,28,30)(H2,27,29,32)/t18-,19+. The molecule has 1 heterocycles. The number of para-hydroxylation sites is 1. The number of aromatic nitrogens is 2. The molecule has 2 aliphatic carbocycles. The highest BCUT2D eigenvalue weighted by molar-refractivity contribution is 7.80. The van der Waals surface area contributed by atoms with E-state index in [0.717, 1.165) is 56.0 Å². The first-order chi connectivity index (χ1) is 15.4. The molecule has 1 aromatic carbocycles. The van der Waals surface area contributed by atoms with Crippen molar-refractivity contribution < 1.29 is 0 Å². The Morgan fingerprint density at radius 2 is 1.62 bits per heavy atom. The van der Waals surface area contributed by atoms with Crippen LogP contribution in [0.3, 0.4) is 0 Å². The molecule has 1 saturated carbocycles. The Kier molecular flexibility index (Phi) is 7.13. The Morgan fingerprint density at radius 1 is 0.969 bits per heavy atom. The molecule has 1 aromatic heterocycles. The van der Waals surface area contributed by atoms with Gasteiger partial charge < -0.3 is 20.9 Å². The molecule has 2 aliphatic rings. The molecule has 0 saturated heterocycles. The van der Waals surface area contributed by atoms with Crippen LogP contribution in [0.15, 0.2) is 18.2 Å². The van der Waals surface area contributed by atoms with Gasteiger partial charge in [0.25, 0.3) is 0 Å². The van der Waals surface area contributed by atoms with E-state index in [2.05, 4.69) is 67.0 Å². The lowest BCUT2D eigenvalue weighted by molar-refractivity contribution is 0.387. The second-order valence-electron chi connectivity index (χ2n) is 9.46. The van der Waals surface area contributed by atoms with Crippen LogP contribution < -0.4 is 20.9 Å². The summed E-state index contributed by atoms with van der Waals surface area (Å²) in [6.07, 6.45) is 8.95. The minimum Gasteiger partial charge on any atom is -0.362 e. The van der Waals surface area contributed by atoms with E-state index < -0.39 is 0 Å². The first-order valence-corrected chi connectivity index (χ1v) is 12.3. The van der Waals surface area contributed by atoms with Crippen LogP contribution in [0.25, 0.3) is 0 Å². The number of thiocarbonyl (C=S) groups is 1. The lowest BCUT2D eigenvalue weighted by Gasteiger charge is -2.31. The highest BCUT2D eigenvalue weighted by Gasteiger charge is 2.24. The van der Waals surface area contributed by atoms with Crippen molar-refractivity contribution in [3.63, 3.8) is 0 Å². The van der Waals surface area contributed by atoms with Crippen molar-refractivity contribution in [1.82, 2.24) is 15.3 Å². The Bertz CT molecular complexity index is 945. The Balaban J connectivity index is 1.31. The van der Waals surface area contributed by atoms with Crippen LogP contribution in [0.5, 0.6) is 0 Å². The monoisotopic (exact) mass is 452 g/mol. The minimum atomic E-state index is 0.402. The van der Waals surface area contributed by atoms with E-state index in [-0.39, 0.29) is 0 Å². The van der Waals surface area contributed by atoms with Gasteiger partial charge in [-0.3, -0.25) is 0 Å². The highest BCUT2D eigenvalue weighted by Crippen LogP contribution is 2.29. The molecule has 0 radical (unpaired) electrons. The number of aryl methyl sites for hydroxylation is 3. The van der Waals surface area contributed by atoms with E-state index in [4.69, 9.17) is 22.2 Å². The topological polar surface area (TPSA) is 65.1 Å². The number of nitrogens with zero attached hydrogens (tertiary/aromatic N) is 3. The molecule has 3 N–H and O–H groups in total. The summed E-state index contributed by atoms with van der Waals surface area (Å²) in [6.45, 7) is 4.22. The first kappa shape index (κ1) is 22.8. The third-order valence-corrected chi connectivity index (χ3v) is 6.92. The normalized spacial score (nSPS) is 20.2. The van der Waals surface area contributed by atoms with Crippen molar-refractivity contribution in [3.05, 3.63) is 40.6 Å². The number of anilines is 3. The second-order valence-corrected chi connectivity index (χ2v) is 9.86. The van der Waals surface area contributed by atoms with Gasteiger partial charge in [0.1, 0.15) is 5.82 Å². The van der Waals surface area contributed by atoms with Gasteiger partial charge >= 0.3 is 0 Å². The molecule has 0 atom stereocenters. The summed E-state index contributed by atoms with van der Waals surface area (Å²) >= 11 is 5.60. The van der Waals surface area contributed by atoms with Gasteiger partial charge in [0.2, 0.25) is 5.95 Å². The van der Waals surface area contributed by atoms with Gasteiger partial charge in [0, 0.05) is 37.4 Å². The Labute approximate surface area is 197 Å². The molecule has 172 valence electrons. The molecule has 0 aliphatic heterocycles. The van der Waals surface area contributed by atoms with Gasteiger partial charge in [-0.25, -0.2) is 4.98 Å². The smallest absolute Gasteiger partial charge is 0.225 e. The van der Waals surface area contributed by atoms with Crippen LogP contribution in [0.2, 0.25) is 0 Å². The van der Waals surface area contributed by atoms with E-state index in [9.17, 15) is 0 Å². The van der Waals surface area contributed by atoms with Crippen molar-refractivity contribution in [3.8, 4) is 0 Å². The van der Waals surface area contributed by atoms with E-state index in [1.807, 2.05) is 0 Å². The summed E-state index contributed by atoms with van der Waals surface area (Å²) in [4.78, 5) is 11.9.